The lowest BCUT2D eigenvalue weighted by atomic mass is 10.3. The molecule has 0 aliphatic heterocycles. The van der Waals surface area contributed by atoms with Crippen LogP contribution in [0.3, 0.4) is 0 Å². The molecule has 0 aliphatic carbocycles. The van der Waals surface area contributed by atoms with Crippen molar-refractivity contribution in [3.63, 3.8) is 0 Å². The van der Waals surface area contributed by atoms with E-state index in [-0.39, 0.29) is 12.2 Å². The Morgan fingerprint density at radius 2 is 1.17 bits per heavy atom. The Hall–Kier alpha value is 2.15. The number of hydrogen-bond donors (Lipinski definition) is 0. The van der Waals surface area contributed by atoms with Gasteiger partial charge in [0.2, 0.25) is 0 Å². The summed E-state index contributed by atoms with van der Waals surface area (Å²) in [6, 6.07) is 0. The van der Waals surface area contributed by atoms with Gasteiger partial charge in [0.05, 0.1) is 0 Å². The first-order valence-electron chi connectivity index (χ1n) is 4.90. The van der Waals surface area contributed by atoms with E-state index in [4.69, 9.17) is 9.47 Å². The molecule has 108 valence electrons. The molecule has 0 bridgehead atoms. The van der Waals surface area contributed by atoms with Crippen LogP contribution < -0.4 is 0 Å². The lowest BCUT2D eigenvalue weighted by Crippen LogP contribution is -2.25. The van der Waals surface area contributed by atoms with Gasteiger partial charge in [0, 0.05) is 12.8 Å². The van der Waals surface area contributed by atoms with Crippen LogP contribution in [0.5, 0.6) is 0 Å². The molecule has 0 aliphatic rings. The number of alkyl halides is 6. The third-order valence-corrected chi connectivity index (χ3v) is 3.58. The van der Waals surface area contributed by atoms with Crippen LogP contribution in [-0.2, 0) is 9.47 Å². The molecule has 0 aromatic rings. The van der Waals surface area contributed by atoms with Gasteiger partial charge in [0.25, 0.3) is 0 Å². The van der Waals surface area contributed by atoms with Gasteiger partial charge in [-0.1, -0.05) is 95.6 Å². The average molecular weight is 648 g/mol. The van der Waals surface area contributed by atoms with Crippen molar-refractivity contribution in [1.82, 2.24) is 0 Å². The molecule has 18 heavy (non-hydrogen) atoms. The number of rotatable bonds is 4. The molecule has 3 nitrogen and oxygen atoms in total. The van der Waals surface area contributed by atoms with Crippen molar-refractivity contribution < 1.29 is 14.3 Å². The van der Waals surface area contributed by atoms with Crippen LogP contribution in [0.2, 0.25) is 0 Å². The lowest BCUT2D eigenvalue weighted by molar-refractivity contribution is 0.00547. The number of halogens is 6. The van der Waals surface area contributed by atoms with E-state index in [1.54, 1.807) is 13.8 Å². The summed E-state index contributed by atoms with van der Waals surface area (Å²) < 4.78 is 9.36. The third-order valence-electron chi connectivity index (χ3n) is 1.63. The summed E-state index contributed by atoms with van der Waals surface area (Å²) in [7, 11) is 0. The van der Waals surface area contributed by atoms with Gasteiger partial charge in [-0.2, -0.15) is 0 Å². The zero-order valence-electron chi connectivity index (χ0n) is 9.56. The fourth-order valence-corrected chi connectivity index (χ4v) is 3.83. The van der Waals surface area contributed by atoms with Gasteiger partial charge in [-0.05, 0) is 13.8 Å². The van der Waals surface area contributed by atoms with Crippen molar-refractivity contribution in [3.05, 3.63) is 0 Å². The largest absolute Gasteiger partial charge is 0.508 e. The van der Waals surface area contributed by atoms with Crippen LogP contribution in [0, 0.1) is 0 Å². The Bertz CT molecular complexity index is 246. The second-order valence-electron chi connectivity index (χ2n) is 3.75. The van der Waals surface area contributed by atoms with Crippen LogP contribution in [0.15, 0.2) is 0 Å². The van der Waals surface area contributed by atoms with E-state index in [0.717, 1.165) is 0 Å². The fourth-order valence-electron chi connectivity index (χ4n) is 1.09. The predicted molar refractivity (Wildman–Crippen MR) is 94.7 cm³/mol. The van der Waals surface area contributed by atoms with Crippen molar-refractivity contribution in [2.75, 3.05) is 0 Å². The van der Waals surface area contributed by atoms with E-state index < -0.39 is 10.4 Å². The highest BCUT2D eigenvalue weighted by Gasteiger charge is 2.27. The standard InChI is InChI=1S/C9H12Br6O3/c1-5(3-8(10,11)12)17-7(16)18-6(2)4-9(13,14)15/h5-6H,3-4H2,1-2H3. The second-order valence-corrected chi connectivity index (χ2v) is 18.3. The predicted octanol–water partition coefficient (Wildman–Crippen LogP) is 6.37. The normalized spacial score (nSPS) is 16.0. The van der Waals surface area contributed by atoms with Gasteiger partial charge in [0.1, 0.15) is 16.5 Å². The molecule has 0 radical (unpaired) electrons. The smallest absolute Gasteiger partial charge is 0.431 e. The molecule has 2 atom stereocenters. The lowest BCUT2D eigenvalue weighted by Gasteiger charge is -2.21. The van der Waals surface area contributed by atoms with E-state index in [2.05, 4.69) is 95.6 Å². The molecule has 0 rings (SSSR count). The summed E-state index contributed by atoms with van der Waals surface area (Å²) in [5.41, 5.74) is 0. The molecule has 0 N–H and O–H groups in total. The second kappa shape index (κ2) is 8.56. The van der Waals surface area contributed by atoms with E-state index >= 15 is 0 Å². The third kappa shape index (κ3) is 13.1. The maximum Gasteiger partial charge on any atom is 0.508 e. The fraction of sp³-hybridized carbons (Fsp3) is 0.889. The highest BCUT2D eigenvalue weighted by molar-refractivity contribution is 9.39. The van der Waals surface area contributed by atoms with Crippen LogP contribution >= 0.6 is 95.6 Å². The first kappa shape index (κ1) is 20.1. The Morgan fingerprint density at radius 3 is 1.39 bits per heavy atom. The number of ether oxygens (including phenoxy) is 2. The van der Waals surface area contributed by atoms with Crippen molar-refractivity contribution in [2.45, 2.75) is 43.2 Å². The maximum absolute atomic E-state index is 11.5. The van der Waals surface area contributed by atoms with Gasteiger partial charge < -0.3 is 9.47 Å². The molecular formula is C9H12Br6O3. The Morgan fingerprint density at radius 1 is 0.889 bits per heavy atom. The quantitative estimate of drug-likeness (QED) is 0.263. The van der Waals surface area contributed by atoms with Crippen LogP contribution in [0.25, 0.3) is 0 Å². The molecule has 0 fully saturated rings. The molecule has 0 saturated carbocycles. The van der Waals surface area contributed by atoms with Crippen LogP contribution in [-0.4, -0.2) is 22.6 Å². The van der Waals surface area contributed by atoms with Gasteiger partial charge in [0.15, 0.2) is 0 Å². The summed E-state index contributed by atoms with van der Waals surface area (Å²) in [5, 5.41) is 0. The van der Waals surface area contributed by atoms with Gasteiger partial charge in [-0.15, -0.1) is 0 Å². The molecule has 0 spiro atoms. The zero-order chi connectivity index (χ0) is 14.6. The molecule has 0 aromatic carbocycles. The van der Waals surface area contributed by atoms with Gasteiger partial charge in [-0.25, -0.2) is 4.79 Å². The zero-order valence-corrected chi connectivity index (χ0v) is 19.1. The van der Waals surface area contributed by atoms with Crippen molar-refractivity contribution in [1.29, 1.82) is 0 Å². The van der Waals surface area contributed by atoms with Gasteiger partial charge in [-0.3, -0.25) is 0 Å². The minimum Gasteiger partial charge on any atom is -0.431 e. The van der Waals surface area contributed by atoms with E-state index in [1.165, 1.54) is 0 Å². The SMILES string of the molecule is CC(CC(Br)(Br)Br)OC(=O)OC(C)CC(Br)(Br)Br. The number of carbonyl (C=O) groups excluding carboxylic acids is 1. The number of hydrogen-bond acceptors (Lipinski definition) is 3. The van der Waals surface area contributed by atoms with Gasteiger partial charge >= 0.3 is 6.16 Å². The molecule has 0 aromatic heterocycles. The first-order valence-corrected chi connectivity index (χ1v) is 9.65. The maximum atomic E-state index is 11.5. The van der Waals surface area contributed by atoms with Crippen molar-refractivity contribution in [2.24, 2.45) is 0 Å². The molecule has 2 unspecified atom stereocenters. The van der Waals surface area contributed by atoms with Crippen molar-refractivity contribution in [3.8, 4) is 0 Å². The minimum atomic E-state index is -0.677. The minimum absolute atomic E-state index is 0.288. The summed E-state index contributed by atoms with van der Waals surface area (Å²) in [4.78, 5) is 11.5. The van der Waals surface area contributed by atoms with E-state index in [0.29, 0.717) is 12.8 Å². The van der Waals surface area contributed by atoms with Crippen LogP contribution in [0.4, 0.5) is 4.79 Å². The molecule has 9 heteroatoms. The molecule has 0 amide bonds. The summed E-state index contributed by atoms with van der Waals surface area (Å²) in [6.07, 6.45) is -0.150. The highest BCUT2D eigenvalue weighted by atomic mass is 80.0. The first-order chi connectivity index (χ1) is 7.89. The Kier molecular flexibility index (Phi) is 9.58. The highest BCUT2D eigenvalue weighted by Crippen LogP contribution is 2.39. The average Bonchev–Trinajstić information content (AvgIpc) is 1.92. The van der Waals surface area contributed by atoms with Crippen LogP contribution in [0.1, 0.15) is 26.7 Å². The molecule has 0 saturated heterocycles. The Labute approximate surface area is 157 Å². The Balaban J connectivity index is 4.04. The monoisotopic (exact) mass is 642 g/mol. The molecule has 0 heterocycles. The summed E-state index contributed by atoms with van der Waals surface area (Å²) in [5.74, 6) is 0. The summed E-state index contributed by atoms with van der Waals surface area (Å²) in [6.45, 7) is 3.57. The topological polar surface area (TPSA) is 35.5 Å². The van der Waals surface area contributed by atoms with E-state index in [9.17, 15) is 4.79 Å². The van der Waals surface area contributed by atoms with Crippen molar-refractivity contribution >= 4 is 102 Å². The van der Waals surface area contributed by atoms with E-state index in [1.807, 2.05) is 0 Å². The number of carbonyl (C=O) groups is 1. The molecular weight excluding hydrogens is 636 g/mol. The summed E-state index contributed by atoms with van der Waals surface area (Å²) >= 11 is 20.1.